The van der Waals surface area contributed by atoms with Gasteiger partial charge < -0.3 is 9.72 Å². The molecule has 0 saturated heterocycles. The predicted molar refractivity (Wildman–Crippen MR) is 75.3 cm³/mol. The van der Waals surface area contributed by atoms with Crippen molar-refractivity contribution in [3.8, 4) is 0 Å². The molecule has 0 unspecified atom stereocenters. The van der Waals surface area contributed by atoms with Gasteiger partial charge in [0.1, 0.15) is 16.1 Å². The van der Waals surface area contributed by atoms with Crippen molar-refractivity contribution in [2.75, 3.05) is 6.61 Å². The molecule has 1 heterocycles. The summed E-state index contributed by atoms with van der Waals surface area (Å²) in [5.41, 5.74) is 1.94. The second-order valence-corrected chi connectivity index (χ2v) is 5.52. The van der Waals surface area contributed by atoms with Gasteiger partial charge in [-0.15, -0.1) is 0 Å². The van der Waals surface area contributed by atoms with Gasteiger partial charge in [-0.3, -0.25) is 0 Å². The van der Waals surface area contributed by atoms with Crippen molar-refractivity contribution < 1.29 is 4.74 Å². The molecule has 3 nitrogen and oxygen atoms in total. The number of rotatable bonds is 3. The second kappa shape index (κ2) is 5.49. The molecule has 1 aliphatic rings. The monoisotopic (exact) mass is 266 g/mol. The van der Waals surface area contributed by atoms with Gasteiger partial charge in [0.05, 0.1) is 0 Å². The zero-order valence-electron chi connectivity index (χ0n) is 11.5. The number of nitrogens with zero attached hydrogens (tertiary/aromatic N) is 1. The fourth-order valence-corrected chi connectivity index (χ4v) is 2.95. The Bertz CT molecular complexity index is 470. The Morgan fingerprint density at radius 1 is 1.28 bits per heavy atom. The second-order valence-electron chi connectivity index (χ2n) is 5.13. The maximum absolute atomic E-state index is 6.07. The molecule has 1 N–H and O–H groups in total. The van der Waals surface area contributed by atoms with Crippen LogP contribution in [0.4, 0.5) is 0 Å². The predicted octanol–water partition coefficient (Wildman–Crippen LogP) is 3.95. The molecule has 0 bridgehead atoms. The first-order valence-electron chi connectivity index (χ1n) is 6.81. The number of aromatic nitrogens is 2. The summed E-state index contributed by atoms with van der Waals surface area (Å²) in [5.74, 6) is 0.928. The maximum atomic E-state index is 6.07. The lowest BCUT2D eigenvalue weighted by atomic mass is 9.83. The Labute approximate surface area is 114 Å². The Hall–Kier alpha value is -0.740. The Morgan fingerprint density at radius 3 is 2.50 bits per heavy atom. The molecule has 0 spiro atoms. The fourth-order valence-electron chi connectivity index (χ4n) is 2.71. The van der Waals surface area contributed by atoms with E-state index in [4.69, 9.17) is 17.0 Å². The van der Waals surface area contributed by atoms with Crippen molar-refractivity contribution in [2.45, 2.75) is 58.5 Å². The molecular weight excluding hydrogens is 244 g/mol. The van der Waals surface area contributed by atoms with E-state index in [1.54, 1.807) is 0 Å². The molecule has 1 aromatic heterocycles. The minimum absolute atomic E-state index is 0.237. The molecule has 1 aromatic rings. The van der Waals surface area contributed by atoms with Crippen LogP contribution in [-0.2, 0) is 10.3 Å². The minimum atomic E-state index is -0.237. The molecule has 100 valence electrons. The summed E-state index contributed by atoms with van der Waals surface area (Å²) < 4.78 is 6.77. The average Bonchev–Trinajstić information content (AvgIpc) is 2.37. The van der Waals surface area contributed by atoms with Crippen molar-refractivity contribution in [1.82, 2.24) is 9.97 Å². The van der Waals surface area contributed by atoms with Crippen LogP contribution in [0, 0.1) is 18.5 Å². The van der Waals surface area contributed by atoms with Crippen LogP contribution >= 0.6 is 12.2 Å². The first-order valence-corrected chi connectivity index (χ1v) is 7.22. The normalized spacial score (nSPS) is 18.8. The molecular formula is C14H22N2OS. The lowest BCUT2D eigenvalue weighted by Crippen LogP contribution is -2.35. The van der Waals surface area contributed by atoms with Gasteiger partial charge in [-0.25, -0.2) is 4.98 Å². The smallest absolute Gasteiger partial charge is 0.140 e. The van der Waals surface area contributed by atoms with E-state index in [2.05, 4.69) is 16.9 Å². The van der Waals surface area contributed by atoms with Crippen LogP contribution in [0.25, 0.3) is 0 Å². The van der Waals surface area contributed by atoms with Gasteiger partial charge >= 0.3 is 0 Å². The first-order chi connectivity index (χ1) is 8.59. The molecule has 2 rings (SSSR count). The molecule has 1 fully saturated rings. The Balaban J connectivity index is 2.45. The summed E-state index contributed by atoms with van der Waals surface area (Å²) in [6.45, 7) is 6.83. The standard InChI is InChI=1S/C14H22N2OS/c1-4-17-14(8-6-5-7-9-14)13-15-11(3)10(2)12(18)16-13/h4-9H2,1-3H3,(H,15,16,18). The number of aryl methyl sites for hydroxylation is 1. The first kappa shape index (κ1) is 13.7. The summed E-state index contributed by atoms with van der Waals surface area (Å²) in [4.78, 5) is 7.99. The number of hydrogen-bond donors (Lipinski definition) is 1. The van der Waals surface area contributed by atoms with Gasteiger partial charge in [-0.1, -0.05) is 31.5 Å². The van der Waals surface area contributed by atoms with Crippen LogP contribution in [0.3, 0.4) is 0 Å². The van der Waals surface area contributed by atoms with E-state index in [-0.39, 0.29) is 5.60 Å². The molecule has 0 radical (unpaired) electrons. The van der Waals surface area contributed by atoms with Crippen molar-refractivity contribution in [3.05, 3.63) is 21.7 Å². The molecule has 18 heavy (non-hydrogen) atoms. The Kier molecular flexibility index (Phi) is 4.17. The molecule has 0 aliphatic heterocycles. The maximum Gasteiger partial charge on any atom is 0.140 e. The van der Waals surface area contributed by atoms with Crippen LogP contribution in [-0.4, -0.2) is 16.6 Å². The van der Waals surface area contributed by atoms with Crippen LogP contribution < -0.4 is 0 Å². The van der Waals surface area contributed by atoms with Crippen LogP contribution in [0.1, 0.15) is 56.1 Å². The van der Waals surface area contributed by atoms with E-state index in [1.807, 2.05) is 13.8 Å². The van der Waals surface area contributed by atoms with E-state index >= 15 is 0 Å². The third-order valence-corrected chi connectivity index (χ3v) is 4.31. The average molecular weight is 266 g/mol. The quantitative estimate of drug-likeness (QED) is 0.842. The lowest BCUT2D eigenvalue weighted by Gasteiger charge is -2.36. The van der Waals surface area contributed by atoms with E-state index in [9.17, 15) is 0 Å². The third-order valence-electron chi connectivity index (χ3n) is 3.92. The van der Waals surface area contributed by atoms with Crippen molar-refractivity contribution >= 4 is 12.2 Å². The van der Waals surface area contributed by atoms with Crippen LogP contribution in [0.15, 0.2) is 0 Å². The molecule has 1 saturated carbocycles. The van der Waals surface area contributed by atoms with Gasteiger partial charge in [0, 0.05) is 17.9 Å². The highest BCUT2D eigenvalue weighted by atomic mass is 32.1. The van der Waals surface area contributed by atoms with Gasteiger partial charge in [0.2, 0.25) is 0 Å². The zero-order valence-corrected chi connectivity index (χ0v) is 12.3. The highest BCUT2D eigenvalue weighted by molar-refractivity contribution is 7.71. The summed E-state index contributed by atoms with van der Waals surface area (Å²) >= 11 is 5.34. The number of hydrogen-bond acceptors (Lipinski definition) is 3. The highest BCUT2D eigenvalue weighted by Crippen LogP contribution is 2.39. The third kappa shape index (κ3) is 2.50. The topological polar surface area (TPSA) is 37.9 Å². The largest absolute Gasteiger partial charge is 0.367 e. The molecule has 0 atom stereocenters. The highest BCUT2D eigenvalue weighted by Gasteiger charge is 2.37. The summed E-state index contributed by atoms with van der Waals surface area (Å²) in [6, 6.07) is 0. The van der Waals surface area contributed by atoms with Gasteiger partial charge in [0.25, 0.3) is 0 Å². The fraction of sp³-hybridized carbons (Fsp3) is 0.714. The lowest BCUT2D eigenvalue weighted by molar-refractivity contribution is -0.0768. The van der Waals surface area contributed by atoms with Crippen LogP contribution in [0.2, 0.25) is 0 Å². The summed E-state index contributed by atoms with van der Waals surface area (Å²) in [6.07, 6.45) is 5.79. The molecule has 0 aromatic carbocycles. The number of H-pyrrole nitrogens is 1. The van der Waals surface area contributed by atoms with Crippen molar-refractivity contribution in [2.24, 2.45) is 0 Å². The minimum Gasteiger partial charge on any atom is -0.367 e. The SMILES string of the molecule is CCOC1(c2nc(=S)c(C)c(C)[nH]2)CCCCC1. The zero-order chi connectivity index (χ0) is 13.2. The van der Waals surface area contributed by atoms with E-state index in [1.165, 1.54) is 19.3 Å². The van der Waals surface area contributed by atoms with E-state index in [0.717, 1.165) is 36.5 Å². The van der Waals surface area contributed by atoms with Gasteiger partial charge in [0.15, 0.2) is 0 Å². The molecule has 4 heteroatoms. The van der Waals surface area contributed by atoms with E-state index in [0.29, 0.717) is 4.64 Å². The van der Waals surface area contributed by atoms with Crippen molar-refractivity contribution in [1.29, 1.82) is 0 Å². The van der Waals surface area contributed by atoms with Gasteiger partial charge in [-0.05, 0) is 33.6 Å². The number of nitrogens with one attached hydrogen (secondary N) is 1. The Morgan fingerprint density at radius 2 is 1.94 bits per heavy atom. The molecule has 1 aliphatic carbocycles. The number of aromatic amines is 1. The summed E-state index contributed by atoms with van der Waals surface area (Å²) in [7, 11) is 0. The number of ether oxygens (including phenoxy) is 1. The van der Waals surface area contributed by atoms with Crippen LogP contribution in [0.5, 0.6) is 0 Å². The summed E-state index contributed by atoms with van der Waals surface area (Å²) in [5, 5.41) is 0. The molecule has 0 amide bonds. The van der Waals surface area contributed by atoms with Crippen molar-refractivity contribution in [3.63, 3.8) is 0 Å². The van der Waals surface area contributed by atoms with E-state index < -0.39 is 0 Å². The van der Waals surface area contributed by atoms with Gasteiger partial charge in [-0.2, -0.15) is 0 Å².